The molecule has 1 heterocycles. The van der Waals surface area contributed by atoms with E-state index >= 15 is 0 Å². The topological polar surface area (TPSA) is 59.3 Å². The molecule has 0 amide bonds. The van der Waals surface area contributed by atoms with Gasteiger partial charge >= 0.3 is 0 Å². The number of anilines is 1. The lowest BCUT2D eigenvalue weighted by Gasteiger charge is -2.24. The molecule has 76 valence electrons. The third-order valence-corrected chi connectivity index (χ3v) is 2.38. The number of hydrazine groups is 1. The maximum absolute atomic E-state index is 5.62. The Morgan fingerprint density at radius 2 is 2.14 bits per heavy atom. The zero-order valence-corrected chi connectivity index (χ0v) is 7.99. The number of ether oxygens (including phenoxy) is 1. The molecule has 0 aliphatic carbocycles. The summed E-state index contributed by atoms with van der Waals surface area (Å²) in [6.07, 6.45) is 0.176. The Balaban J connectivity index is 2.07. The third-order valence-electron chi connectivity index (χ3n) is 2.38. The summed E-state index contributed by atoms with van der Waals surface area (Å²) in [5.41, 5.74) is 4.71. The van der Waals surface area contributed by atoms with E-state index in [-0.39, 0.29) is 6.10 Å². The van der Waals surface area contributed by atoms with Crippen LogP contribution in [0.3, 0.4) is 0 Å². The first-order valence-electron chi connectivity index (χ1n) is 4.79. The summed E-state index contributed by atoms with van der Waals surface area (Å²) in [6.45, 7) is 2.61. The summed E-state index contributed by atoms with van der Waals surface area (Å²) >= 11 is 0. The molecule has 0 aromatic heterocycles. The molecule has 4 heteroatoms. The first kappa shape index (κ1) is 9.45. The summed E-state index contributed by atoms with van der Waals surface area (Å²) in [5.74, 6) is 5.28. The lowest BCUT2D eigenvalue weighted by atomic mass is 10.1. The Labute approximate surface area is 83.4 Å². The van der Waals surface area contributed by atoms with Crippen molar-refractivity contribution in [3.05, 3.63) is 29.8 Å². The predicted molar refractivity (Wildman–Crippen MR) is 55.8 cm³/mol. The molecule has 4 nitrogen and oxygen atoms in total. The van der Waals surface area contributed by atoms with E-state index in [9.17, 15) is 0 Å². The zero-order chi connectivity index (χ0) is 9.80. The molecule has 0 spiro atoms. The number of hydrogen-bond donors (Lipinski definition) is 3. The van der Waals surface area contributed by atoms with Crippen LogP contribution in [-0.2, 0) is 4.74 Å². The minimum atomic E-state index is 0.176. The second-order valence-electron chi connectivity index (χ2n) is 3.33. The number of hydrogen-bond acceptors (Lipinski definition) is 4. The van der Waals surface area contributed by atoms with Gasteiger partial charge in [0.1, 0.15) is 0 Å². The molecule has 2 rings (SSSR count). The van der Waals surface area contributed by atoms with Gasteiger partial charge in [-0.15, -0.1) is 0 Å². The van der Waals surface area contributed by atoms with Crippen molar-refractivity contribution >= 4 is 5.69 Å². The second kappa shape index (κ2) is 4.41. The van der Waals surface area contributed by atoms with Crippen LogP contribution in [0.15, 0.2) is 24.3 Å². The highest BCUT2D eigenvalue weighted by molar-refractivity contribution is 5.43. The van der Waals surface area contributed by atoms with Crippen molar-refractivity contribution in [1.82, 2.24) is 5.32 Å². The first-order valence-corrected chi connectivity index (χ1v) is 4.79. The van der Waals surface area contributed by atoms with Gasteiger partial charge in [0, 0.05) is 18.8 Å². The Morgan fingerprint density at radius 3 is 2.71 bits per heavy atom. The van der Waals surface area contributed by atoms with E-state index in [0.29, 0.717) is 0 Å². The van der Waals surface area contributed by atoms with Gasteiger partial charge in [-0.25, -0.2) is 0 Å². The van der Waals surface area contributed by atoms with Crippen molar-refractivity contribution in [2.45, 2.75) is 6.10 Å². The molecule has 1 unspecified atom stereocenters. The fraction of sp³-hybridized carbons (Fsp3) is 0.400. The smallest absolute Gasteiger partial charge is 0.0949 e. The number of nitrogens with one attached hydrogen (secondary N) is 2. The average molecular weight is 193 g/mol. The van der Waals surface area contributed by atoms with E-state index in [0.717, 1.165) is 25.4 Å². The third kappa shape index (κ3) is 2.04. The molecule has 0 bridgehead atoms. The molecule has 4 N–H and O–H groups in total. The van der Waals surface area contributed by atoms with Crippen molar-refractivity contribution in [3.63, 3.8) is 0 Å². The number of morpholine rings is 1. The summed E-state index contributed by atoms with van der Waals surface area (Å²) in [6, 6.07) is 7.97. The monoisotopic (exact) mass is 193 g/mol. The molecule has 1 fully saturated rings. The highest BCUT2D eigenvalue weighted by Gasteiger charge is 2.14. The van der Waals surface area contributed by atoms with Gasteiger partial charge in [-0.3, -0.25) is 5.84 Å². The molecule has 1 aliphatic rings. The summed E-state index contributed by atoms with van der Waals surface area (Å²) in [7, 11) is 0. The van der Waals surface area contributed by atoms with Gasteiger partial charge in [0.05, 0.1) is 12.7 Å². The van der Waals surface area contributed by atoms with Crippen LogP contribution in [0.5, 0.6) is 0 Å². The van der Waals surface area contributed by atoms with Gasteiger partial charge in [0.15, 0.2) is 0 Å². The van der Waals surface area contributed by atoms with Crippen LogP contribution in [0.1, 0.15) is 11.7 Å². The van der Waals surface area contributed by atoms with Crippen molar-refractivity contribution in [3.8, 4) is 0 Å². The van der Waals surface area contributed by atoms with E-state index in [1.165, 1.54) is 5.56 Å². The minimum Gasteiger partial charge on any atom is -0.371 e. The van der Waals surface area contributed by atoms with E-state index in [1.807, 2.05) is 24.3 Å². The maximum Gasteiger partial charge on any atom is 0.0949 e. The lowest BCUT2D eigenvalue weighted by molar-refractivity contribution is 0.0277. The van der Waals surface area contributed by atoms with Crippen molar-refractivity contribution in [1.29, 1.82) is 0 Å². The van der Waals surface area contributed by atoms with Gasteiger partial charge in [0.25, 0.3) is 0 Å². The fourth-order valence-electron chi connectivity index (χ4n) is 1.57. The van der Waals surface area contributed by atoms with Gasteiger partial charge in [0.2, 0.25) is 0 Å². The van der Waals surface area contributed by atoms with Gasteiger partial charge in [-0.2, -0.15) is 0 Å². The summed E-state index contributed by atoms with van der Waals surface area (Å²) in [4.78, 5) is 0. The Morgan fingerprint density at radius 1 is 1.36 bits per heavy atom. The normalized spacial score (nSPS) is 21.9. The summed E-state index contributed by atoms with van der Waals surface area (Å²) < 4.78 is 5.62. The van der Waals surface area contributed by atoms with Crippen LogP contribution in [0.25, 0.3) is 0 Å². The fourth-order valence-corrected chi connectivity index (χ4v) is 1.57. The van der Waals surface area contributed by atoms with Crippen molar-refractivity contribution in [2.24, 2.45) is 5.84 Å². The number of nitrogen functional groups attached to an aromatic ring is 1. The molecule has 1 aromatic carbocycles. The van der Waals surface area contributed by atoms with Crippen LogP contribution in [0.2, 0.25) is 0 Å². The van der Waals surface area contributed by atoms with E-state index in [4.69, 9.17) is 10.6 Å². The van der Waals surface area contributed by atoms with Gasteiger partial charge in [-0.05, 0) is 17.7 Å². The van der Waals surface area contributed by atoms with E-state index in [1.54, 1.807) is 0 Å². The Hall–Kier alpha value is -1.10. The van der Waals surface area contributed by atoms with Crippen LogP contribution in [-0.4, -0.2) is 19.7 Å². The van der Waals surface area contributed by atoms with Gasteiger partial charge < -0.3 is 15.5 Å². The molecule has 0 saturated carbocycles. The molecule has 1 atom stereocenters. The van der Waals surface area contributed by atoms with Crippen LogP contribution < -0.4 is 16.6 Å². The molecular weight excluding hydrogens is 178 g/mol. The number of rotatable bonds is 2. The molecular formula is C10H15N3O. The van der Waals surface area contributed by atoms with E-state index < -0.39 is 0 Å². The largest absolute Gasteiger partial charge is 0.371 e. The molecule has 1 aromatic rings. The molecule has 14 heavy (non-hydrogen) atoms. The first-order chi connectivity index (χ1) is 6.90. The van der Waals surface area contributed by atoms with Crippen LogP contribution in [0.4, 0.5) is 5.69 Å². The lowest BCUT2D eigenvalue weighted by Crippen LogP contribution is -2.33. The van der Waals surface area contributed by atoms with E-state index in [2.05, 4.69) is 10.7 Å². The quantitative estimate of drug-likeness (QED) is 0.476. The highest BCUT2D eigenvalue weighted by atomic mass is 16.5. The summed E-state index contributed by atoms with van der Waals surface area (Å²) in [5, 5.41) is 3.30. The molecule has 1 aliphatic heterocycles. The number of nitrogens with two attached hydrogens (primary N) is 1. The SMILES string of the molecule is NNc1ccc(C2CNCCO2)cc1. The standard InChI is InChI=1S/C10H15N3O/c11-13-9-3-1-8(2-4-9)10-7-12-5-6-14-10/h1-4,10,12-13H,5-7,11H2. The molecule has 1 saturated heterocycles. The average Bonchev–Trinajstić information content (AvgIpc) is 2.30. The maximum atomic E-state index is 5.62. The highest BCUT2D eigenvalue weighted by Crippen LogP contribution is 2.20. The van der Waals surface area contributed by atoms with Crippen molar-refractivity contribution < 1.29 is 4.74 Å². The van der Waals surface area contributed by atoms with Crippen LogP contribution >= 0.6 is 0 Å². The Bertz CT molecular complexity index is 280. The molecule has 0 radical (unpaired) electrons. The second-order valence-corrected chi connectivity index (χ2v) is 3.33. The van der Waals surface area contributed by atoms with Crippen LogP contribution in [0, 0.1) is 0 Å². The predicted octanol–water partition coefficient (Wildman–Crippen LogP) is 0.633. The minimum absolute atomic E-state index is 0.176. The van der Waals surface area contributed by atoms with Crippen molar-refractivity contribution in [2.75, 3.05) is 25.1 Å². The number of benzene rings is 1. The van der Waals surface area contributed by atoms with Gasteiger partial charge in [-0.1, -0.05) is 12.1 Å². The zero-order valence-electron chi connectivity index (χ0n) is 7.99. The Kier molecular flexibility index (Phi) is 2.98.